The molecule has 256 valence electrons. The van der Waals surface area contributed by atoms with E-state index in [4.69, 9.17) is 38.4 Å². The second kappa shape index (κ2) is 17.0. The normalized spacial score (nSPS) is 13.6. The first-order valence-electron chi connectivity index (χ1n) is 16.5. The number of rotatable bonds is 16. The summed E-state index contributed by atoms with van der Waals surface area (Å²) in [6, 6.07) is 16.2. The Bertz CT molecular complexity index is 1470. The largest absolute Gasteiger partial charge is 0.493 e. The van der Waals surface area contributed by atoms with Crippen LogP contribution in [0.3, 0.4) is 0 Å². The summed E-state index contributed by atoms with van der Waals surface area (Å²) in [5.41, 5.74) is 6.23. The lowest BCUT2D eigenvalue weighted by molar-refractivity contribution is 0.130. The van der Waals surface area contributed by atoms with Crippen LogP contribution < -0.4 is 28.4 Å². The van der Waals surface area contributed by atoms with E-state index in [1.54, 1.807) is 42.7 Å². The summed E-state index contributed by atoms with van der Waals surface area (Å²) < 4.78 is 33.4. The van der Waals surface area contributed by atoms with Gasteiger partial charge in [-0.1, -0.05) is 12.1 Å². The number of nitrogens with zero attached hydrogens (tertiary/aromatic N) is 4. The lowest BCUT2D eigenvalue weighted by atomic mass is 10.0. The molecule has 0 atom stereocenters. The number of piperazine rings is 1. The summed E-state index contributed by atoms with van der Waals surface area (Å²) >= 11 is 0. The van der Waals surface area contributed by atoms with Crippen LogP contribution in [0.25, 0.3) is 22.5 Å². The number of aryl methyl sites for hydroxylation is 2. The van der Waals surface area contributed by atoms with Gasteiger partial charge in [-0.2, -0.15) is 0 Å². The summed E-state index contributed by atoms with van der Waals surface area (Å²) in [7, 11) is 9.77. The van der Waals surface area contributed by atoms with Crippen LogP contribution in [-0.2, 0) is 12.8 Å². The van der Waals surface area contributed by atoms with Gasteiger partial charge in [0.15, 0.2) is 23.0 Å². The highest BCUT2D eigenvalue weighted by Crippen LogP contribution is 2.42. The fourth-order valence-electron chi connectivity index (χ4n) is 6.46. The van der Waals surface area contributed by atoms with Crippen molar-refractivity contribution in [3.63, 3.8) is 0 Å². The molecule has 0 unspecified atom stereocenters. The van der Waals surface area contributed by atoms with E-state index < -0.39 is 0 Å². The second-order valence-corrected chi connectivity index (χ2v) is 11.7. The zero-order valence-corrected chi connectivity index (χ0v) is 29.1. The van der Waals surface area contributed by atoms with Gasteiger partial charge in [0.05, 0.1) is 54.0 Å². The van der Waals surface area contributed by atoms with Gasteiger partial charge in [0.2, 0.25) is 11.5 Å². The third kappa shape index (κ3) is 8.11. The third-order valence-electron chi connectivity index (χ3n) is 8.96. The average molecular weight is 657 g/mol. The highest BCUT2D eigenvalue weighted by Gasteiger charge is 2.20. The standard InChI is InChI=1S/C38H48N4O6/c1-43-31-23-29(24-32(44-2)37(31)47-5)35-27(11-7-15-39-35)13-9-17-41-19-21-42(22-20-41)18-10-14-28-12-8-16-40-36(28)30-25-33(45-3)38(48-6)34(26-30)46-4/h7-8,11-12,15-16,23-26H,9-10,13-14,17-22H2,1-6H3. The van der Waals surface area contributed by atoms with Crippen LogP contribution in [0.1, 0.15) is 24.0 Å². The van der Waals surface area contributed by atoms with Crippen LogP contribution in [0.4, 0.5) is 0 Å². The van der Waals surface area contributed by atoms with Crippen LogP contribution in [0.2, 0.25) is 0 Å². The summed E-state index contributed by atoms with van der Waals surface area (Å²) in [4.78, 5) is 14.6. The molecule has 5 rings (SSSR count). The molecular formula is C38H48N4O6. The highest BCUT2D eigenvalue weighted by atomic mass is 16.5. The summed E-state index contributed by atoms with van der Waals surface area (Å²) in [5, 5.41) is 0. The molecule has 0 amide bonds. The molecule has 10 nitrogen and oxygen atoms in total. The number of ether oxygens (including phenoxy) is 6. The first-order chi connectivity index (χ1) is 23.5. The Labute approximate surface area is 284 Å². The van der Waals surface area contributed by atoms with E-state index >= 15 is 0 Å². The van der Waals surface area contributed by atoms with Crippen molar-refractivity contribution in [3.05, 3.63) is 72.1 Å². The van der Waals surface area contributed by atoms with Gasteiger partial charge >= 0.3 is 0 Å². The van der Waals surface area contributed by atoms with Crippen molar-refractivity contribution in [2.45, 2.75) is 25.7 Å². The molecule has 2 aromatic carbocycles. The van der Waals surface area contributed by atoms with Crippen molar-refractivity contribution in [1.29, 1.82) is 0 Å². The van der Waals surface area contributed by atoms with Crippen LogP contribution in [0.5, 0.6) is 34.5 Å². The van der Waals surface area contributed by atoms with E-state index in [1.807, 2.05) is 48.8 Å². The van der Waals surface area contributed by atoms with Crippen molar-refractivity contribution >= 4 is 0 Å². The van der Waals surface area contributed by atoms with Gasteiger partial charge in [-0.15, -0.1) is 0 Å². The van der Waals surface area contributed by atoms with Crippen molar-refractivity contribution in [1.82, 2.24) is 19.8 Å². The highest BCUT2D eigenvalue weighted by molar-refractivity contribution is 5.72. The van der Waals surface area contributed by atoms with Crippen molar-refractivity contribution in [2.24, 2.45) is 0 Å². The van der Waals surface area contributed by atoms with E-state index in [9.17, 15) is 0 Å². The van der Waals surface area contributed by atoms with Crippen LogP contribution in [0, 0.1) is 0 Å². The van der Waals surface area contributed by atoms with Gasteiger partial charge in [0.25, 0.3) is 0 Å². The maximum atomic E-state index is 5.58. The molecule has 1 saturated heterocycles. The SMILES string of the molecule is COc1cc(-c2ncccc2CCCN2CCN(CCCc3cccnc3-c3cc(OC)c(OC)c(OC)c3)CC2)cc(OC)c1OC. The van der Waals surface area contributed by atoms with Gasteiger partial charge < -0.3 is 38.2 Å². The fourth-order valence-corrected chi connectivity index (χ4v) is 6.46. The zero-order chi connectivity index (χ0) is 33.9. The molecule has 3 heterocycles. The quantitative estimate of drug-likeness (QED) is 0.142. The third-order valence-corrected chi connectivity index (χ3v) is 8.96. The summed E-state index contributed by atoms with van der Waals surface area (Å²) in [6.07, 6.45) is 7.69. The lowest BCUT2D eigenvalue weighted by Crippen LogP contribution is -2.46. The van der Waals surface area contributed by atoms with Gasteiger partial charge in [-0.3, -0.25) is 9.97 Å². The predicted molar refractivity (Wildman–Crippen MR) is 188 cm³/mol. The molecular weight excluding hydrogens is 608 g/mol. The van der Waals surface area contributed by atoms with Crippen LogP contribution in [0.15, 0.2) is 60.9 Å². The maximum Gasteiger partial charge on any atom is 0.203 e. The monoisotopic (exact) mass is 656 g/mol. The van der Waals surface area contributed by atoms with E-state index in [0.717, 1.165) is 87.5 Å². The Morgan fingerprint density at radius 2 is 0.875 bits per heavy atom. The van der Waals surface area contributed by atoms with Crippen LogP contribution in [-0.4, -0.2) is 102 Å². The molecule has 1 fully saturated rings. The van der Waals surface area contributed by atoms with E-state index in [1.165, 1.54) is 11.1 Å². The number of pyridine rings is 2. The molecule has 0 radical (unpaired) electrons. The molecule has 0 aliphatic carbocycles. The minimum atomic E-state index is 0.581. The number of aromatic nitrogens is 2. The molecule has 0 bridgehead atoms. The molecule has 1 aliphatic rings. The fraction of sp³-hybridized carbons (Fsp3) is 0.421. The van der Waals surface area contributed by atoms with Gasteiger partial charge in [-0.25, -0.2) is 0 Å². The molecule has 0 N–H and O–H groups in total. The Hall–Kier alpha value is -4.54. The zero-order valence-electron chi connectivity index (χ0n) is 29.1. The molecule has 4 aromatic rings. The molecule has 10 heteroatoms. The van der Waals surface area contributed by atoms with Crippen molar-refractivity contribution < 1.29 is 28.4 Å². The second-order valence-electron chi connectivity index (χ2n) is 11.7. The van der Waals surface area contributed by atoms with E-state index in [0.29, 0.717) is 34.5 Å². The van der Waals surface area contributed by atoms with E-state index in [-0.39, 0.29) is 0 Å². The molecule has 2 aromatic heterocycles. The minimum Gasteiger partial charge on any atom is -0.493 e. The molecule has 1 aliphatic heterocycles. The smallest absolute Gasteiger partial charge is 0.203 e. The van der Waals surface area contributed by atoms with Gasteiger partial charge in [0.1, 0.15) is 0 Å². The molecule has 0 saturated carbocycles. The number of benzene rings is 2. The number of hydrogen-bond acceptors (Lipinski definition) is 10. The van der Waals surface area contributed by atoms with E-state index in [2.05, 4.69) is 21.9 Å². The Morgan fingerprint density at radius 3 is 1.19 bits per heavy atom. The summed E-state index contributed by atoms with van der Waals surface area (Å²) in [6.45, 7) is 6.44. The maximum absolute atomic E-state index is 5.58. The van der Waals surface area contributed by atoms with Crippen molar-refractivity contribution in [2.75, 3.05) is 81.9 Å². The molecule has 0 spiro atoms. The van der Waals surface area contributed by atoms with Gasteiger partial charge in [0, 0.05) is 49.7 Å². The first-order valence-corrected chi connectivity index (χ1v) is 16.5. The van der Waals surface area contributed by atoms with Gasteiger partial charge in [-0.05, 0) is 86.3 Å². The number of methoxy groups -OCH3 is 6. The lowest BCUT2D eigenvalue weighted by Gasteiger charge is -2.34. The minimum absolute atomic E-state index is 0.581. The number of hydrogen-bond donors (Lipinski definition) is 0. The van der Waals surface area contributed by atoms with Crippen molar-refractivity contribution in [3.8, 4) is 57.0 Å². The Balaban J connectivity index is 1.12. The van der Waals surface area contributed by atoms with Crippen LogP contribution >= 0.6 is 0 Å². The summed E-state index contributed by atoms with van der Waals surface area (Å²) in [5.74, 6) is 3.67. The average Bonchev–Trinajstić information content (AvgIpc) is 3.14. The first kappa shape index (κ1) is 34.8. The molecule has 48 heavy (non-hydrogen) atoms. The predicted octanol–water partition coefficient (Wildman–Crippen LogP) is 6.05. The topological polar surface area (TPSA) is 87.6 Å². The Morgan fingerprint density at radius 1 is 0.521 bits per heavy atom. The Kier molecular flexibility index (Phi) is 12.3.